The molecule has 1 aliphatic carbocycles. The van der Waals surface area contributed by atoms with E-state index >= 15 is 0 Å². The van der Waals surface area contributed by atoms with E-state index in [-0.39, 0.29) is 23.2 Å². The molecule has 0 saturated heterocycles. The van der Waals surface area contributed by atoms with E-state index in [4.69, 9.17) is 0 Å². The standard InChI is InChI=1S/C14H14O3/c1-7(2)9-5-13(16)10-6-12(15)8(3)4-11(10)14(9)17/h4-7,15H,1-3H3. The fourth-order valence-electron chi connectivity index (χ4n) is 1.96. The van der Waals surface area contributed by atoms with Gasteiger partial charge in [0, 0.05) is 16.7 Å². The van der Waals surface area contributed by atoms with Crippen LogP contribution in [0.1, 0.15) is 40.1 Å². The van der Waals surface area contributed by atoms with Gasteiger partial charge in [0.1, 0.15) is 5.75 Å². The predicted molar refractivity (Wildman–Crippen MR) is 64.4 cm³/mol. The van der Waals surface area contributed by atoms with Gasteiger partial charge in [-0.2, -0.15) is 0 Å². The molecule has 1 aromatic carbocycles. The van der Waals surface area contributed by atoms with E-state index in [9.17, 15) is 14.7 Å². The molecular weight excluding hydrogens is 216 g/mol. The number of carbonyl (C=O) groups excluding carboxylic acids is 2. The molecule has 3 heteroatoms. The summed E-state index contributed by atoms with van der Waals surface area (Å²) in [4.78, 5) is 24.0. The first-order valence-corrected chi connectivity index (χ1v) is 5.56. The average Bonchev–Trinajstić information content (AvgIpc) is 2.25. The summed E-state index contributed by atoms with van der Waals surface area (Å²) in [5, 5.41) is 9.57. The van der Waals surface area contributed by atoms with Gasteiger partial charge in [0.25, 0.3) is 0 Å². The van der Waals surface area contributed by atoms with Crippen molar-refractivity contribution in [3.63, 3.8) is 0 Å². The first-order chi connectivity index (χ1) is 7.91. The smallest absolute Gasteiger partial charge is 0.190 e. The van der Waals surface area contributed by atoms with Crippen LogP contribution in [0.2, 0.25) is 0 Å². The van der Waals surface area contributed by atoms with E-state index < -0.39 is 0 Å². The first kappa shape index (κ1) is 11.6. The molecule has 0 spiro atoms. The van der Waals surface area contributed by atoms with Crippen molar-refractivity contribution in [3.05, 3.63) is 40.5 Å². The lowest BCUT2D eigenvalue weighted by Gasteiger charge is -2.18. The Morgan fingerprint density at radius 3 is 2.35 bits per heavy atom. The Morgan fingerprint density at radius 2 is 1.76 bits per heavy atom. The van der Waals surface area contributed by atoms with Crippen LogP contribution in [0, 0.1) is 12.8 Å². The molecule has 0 saturated carbocycles. The maximum absolute atomic E-state index is 12.2. The van der Waals surface area contributed by atoms with Crippen LogP contribution in [-0.2, 0) is 0 Å². The maximum atomic E-state index is 12.2. The molecule has 0 heterocycles. The lowest BCUT2D eigenvalue weighted by molar-refractivity contribution is 0.0976. The van der Waals surface area contributed by atoms with E-state index in [1.807, 2.05) is 13.8 Å². The summed E-state index contributed by atoms with van der Waals surface area (Å²) in [5.74, 6) is -0.253. The molecule has 1 aliphatic rings. The minimum atomic E-state index is -0.210. The van der Waals surface area contributed by atoms with Crippen LogP contribution in [0.4, 0.5) is 0 Å². The Hall–Kier alpha value is -1.90. The third-order valence-electron chi connectivity index (χ3n) is 3.02. The number of aromatic hydroxyl groups is 1. The van der Waals surface area contributed by atoms with Crippen molar-refractivity contribution in [1.29, 1.82) is 0 Å². The third kappa shape index (κ3) is 1.78. The van der Waals surface area contributed by atoms with Crippen molar-refractivity contribution in [2.75, 3.05) is 0 Å². The Labute approximate surface area is 99.8 Å². The quantitative estimate of drug-likeness (QED) is 0.806. The van der Waals surface area contributed by atoms with Gasteiger partial charge in [-0.25, -0.2) is 0 Å². The lowest BCUT2D eigenvalue weighted by atomic mass is 9.84. The second-order valence-electron chi connectivity index (χ2n) is 4.63. The molecule has 1 aromatic rings. The Bertz CT molecular complexity index is 551. The molecular formula is C14H14O3. The summed E-state index contributed by atoms with van der Waals surface area (Å²) in [6, 6.07) is 2.96. The molecule has 0 unspecified atom stereocenters. The molecule has 0 amide bonds. The predicted octanol–water partition coefficient (Wildman–Crippen LogP) is 2.66. The van der Waals surface area contributed by atoms with Gasteiger partial charge < -0.3 is 5.11 Å². The molecule has 0 atom stereocenters. The second-order valence-corrected chi connectivity index (χ2v) is 4.63. The first-order valence-electron chi connectivity index (χ1n) is 5.56. The van der Waals surface area contributed by atoms with Crippen molar-refractivity contribution < 1.29 is 14.7 Å². The van der Waals surface area contributed by atoms with Crippen molar-refractivity contribution in [1.82, 2.24) is 0 Å². The van der Waals surface area contributed by atoms with Crippen LogP contribution >= 0.6 is 0 Å². The number of rotatable bonds is 1. The van der Waals surface area contributed by atoms with Crippen molar-refractivity contribution in [2.24, 2.45) is 5.92 Å². The zero-order valence-electron chi connectivity index (χ0n) is 10.1. The molecule has 88 valence electrons. The van der Waals surface area contributed by atoms with Gasteiger partial charge >= 0.3 is 0 Å². The third-order valence-corrected chi connectivity index (χ3v) is 3.02. The number of phenolic OH excluding ortho intramolecular Hbond substituents is 1. The SMILES string of the molecule is Cc1cc2c(cc1O)C(=O)C=C(C(C)C)C2=O. The van der Waals surface area contributed by atoms with E-state index in [0.29, 0.717) is 22.3 Å². The molecule has 0 fully saturated rings. The highest BCUT2D eigenvalue weighted by molar-refractivity contribution is 6.24. The number of aryl methyl sites for hydroxylation is 1. The highest BCUT2D eigenvalue weighted by Gasteiger charge is 2.27. The summed E-state index contributed by atoms with van der Waals surface area (Å²) < 4.78 is 0. The summed E-state index contributed by atoms with van der Waals surface area (Å²) in [6.07, 6.45) is 1.38. The number of ketones is 2. The molecule has 1 N–H and O–H groups in total. The highest BCUT2D eigenvalue weighted by Crippen LogP contribution is 2.30. The summed E-state index contributed by atoms with van der Waals surface area (Å²) in [7, 11) is 0. The van der Waals surface area contributed by atoms with E-state index in [1.165, 1.54) is 12.1 Å². The molecule has 3 nitrogen and oxygen atoms in total. The van der Waals surface area contributed by atoms with Gasteiger partial charge in [-0.05, 0) is 36.6 Å². The number of phenols is 1. The van der Waals surface area contributed by atoms with Crippen LogP contribution in [0.15, 0.2) is 23.8 Å². The molecule has 0 aliphatic heterocycles. The van der Waals surface area contributed by atoms with Gasteiger partial charge in [-0.1, -0.05) is 13.8 Å². The Balaban J connectivity index is 2.64. The summed E-state index contributed by atoms with van der Waals surface area (Å²) >= 11 is 0. The van der Waals surface area contributed by atoms with E-state index in [2.05, 4.69) is 0 Å². The zero-order chi connectivity index (χ0) is 12.7. The number of carbonyl (C=O) groups is 2. The van der Waals surface area contributed by atoms with Gasteiger partial charge in [-0.3, -0.25) is 9.59 Å². The number of benzene rings is 1. The number of hydrogen-bond donors (Lipinski definition) is 1. The number of Topliss-reactive ketones (excluding diaryl/α,β-unsaturated/α-hetero) is 1. The van der Waals surface area contributed by atoms with Crippen LogP contribution in [-0.4, -0.2) is 16.7 Å². The molecule has 0 aromatic heterocycles. The van der Waals surface area contributed by atoms with Crippen molar-refractivity contribution >= 4 is 11.6 Å². The van der Waals surface area contributed by atoms with Crippen LogP contribution < -0.4 is 0 Å². The van der Waals surface area contributed by atoms with Gasteiger partial charge in [0.05, 0.1) is 0 Å². The van der Waals surface area contributed by atoms with Crippen molar-refractivity contribution in [3.8, 4) is 5.75 Å². The van der Waals surface area contributed by atoms with Crippen LogP contribution in [0.5, 0.6) is 5.75 Å². The fourth-order valence-corrected chi connectivity index (χ4v) is 1.96. The molecule has 0 radical (unpaired) electrons. The lowest BCUT2D eigenvalue weighted by Crippen LogP contribution is -2.20. The minimum absolute atomic E-state index is 0.0220. The molecule has 17 heavy (non-hydrogen) atoms. The van der Waals surface area contributed by atoms with E-state index in [0.717, 1.165) is 0 Å². The van der Waals surface area contributed by atoms with Gasteiger partial charge in [-0.15, -0.1) is 0 Å². The largest absolute Gasteiger partial charge is 0.508 e. The summed E-state index contributed by atoms with van der Waals surface area (Å²) in [5.41, 5.74) is 1.83. The van der Waals surface area contributed by atoms with Gasteiger partial charge in [0.2, 0.25) is 0 Å². The second kappa shape index (κ2) is 3.84. The number of fused-ring (bicyclic) bond motifs is 1. The summed E-state index contributed by atoms with van der Waals surface area (Å²) in [6.45, 7) is 5.48. The number of allylic oxidation sites excluding steroid dienone is 2. The molecule has 0 bridgehead atoms. The average molecular weight is 230 g/mol. The highest BCUT2D eigenvalue weighted by atomic mass is 16.3. The van der Waals surface area contributed by atoms with Crippen LogP contribution in [0.25, 0.3) is 0 Å². The molecule has 2 rings (SSSR count). The Kier molecular flexibility index (Phi) is 2.62. The Morgan fingerprint density at radius 1 is 1.12 bits per heavy atom. The maximum Gasteiger partial charge on any atom is 0.190 e. The minimum Gasteiger partial charge on any atom is -0.508 e. The zero-order valence-corrected chi connectivity index (χ0v) is 10.1. The van der Waals surface area contributed by atoms with Crippen molar-refractivity contribution in [2.45, 2.75) is 20.8 Å². The number of hydrogen-bond acceptors (Lipinski definition) is 3. The normalized spacial score (nSPS) is 14.9. The monoisotopic (exact) mass is 230 g/mol. The van der Waals surface area contributed by atoms with Crippen LogP contribution in [0.3, 0.4) is 0 Å². The van der Waals surface area contributed by atoms with Gasteiger partial charge in [0.15, 0.2) is 11.6 Å². The topological polar surface area (TPSA) is 54.4 Å². The van der Waals surface area contributed by atoms with E-state index in [1.54, 1.807) is 13.0 Å². The fraction of sp³-hybridized carbons (Fsp3) is 0.286.